The van der Waals surface area contributed by atoms with Crippen molar-refractivity contribution in [3.63, 3.8) is 0 Å². The first-order valence-electron chi connectivity index (χ1n) is 7.13. The zero-order valence-electron chi connectivity index (χ0n) is 12.0. The number of imidazole rings is 1. The topological polar surface area (TPSA) is 46.9 Å². The SMILES string of the molecule is O=C(CCn1cnc2ccccc21)NCc1ccc(Cl)cc1. The standard InChI is InChI=1S/C17H16ClN3O/c18-14-7-5-13(6-8-14)11-19-17(22)9-10-21-12-20-15-3-1-2-4-16(15)21/h1-8,12H,9-11H2,(H,19,22). The van der Waals surface area contributed by atoms with Gasteiger partial charge in [0.25, 0.3) is 0 Å². The number of fused-ring (bicyclic) bond motifs is 1. The van der Waals surface area contributed by atoms with Crippen LogP contribution in [0.3, 0.4) is 0 Å². The average Bonchev–Trinajstić information content (AvgIpc) is 2.96. The second-order valence-electron chi connectivity index (χ2n) is 5.08. The van der Waals surface area contributed by atoms with Crippen molar-refractivity contribution < 1.29 is 4.79 Å². The molecule has 0 fully saturated rings. The lowest BCUT2D eigenvalue weighted by molar-refractivity contribution is -0.121. The first kappa shape index (κ1) is 14.6. The third-order valence-corrected chi connectivity index (χ3v) is 3.76. The summed E-state index contributed by atoms with van der Waals surface area (Å²) in [6.07, 6.45) is 2.20. The molecule has 4 nitrogen and oxygen atoms in total. The van der Waals surface area contributed by atoms with Crippen molar-refractivity contribution in [3.8, 4) is 0 Å². The van der Waals surface area contributed by atoms with Crippen molar-refractivity contribution in [2.45, 2.75) is 19.5 Å². The lowest BCUT2D eigenvalue weighted by atomic mass is 10.2. The number of carbonyl (C=O) groups excluding carboxylic acids is 1. The number of nitrogens with zero attached hydrogens (tertiary/aromatic N) is 2. The van der Waals surface area contributed by atoms with Crippen LogP contribution >= 0.6 is 11.6 Å². The van der Waals surface area contributed by atoms with Gasteiger partial charge in [0.15, 0.2) is 0 Å². The van der Waals surface area contributed by atoms with E-state index >= 15 is 0 Å². The Labute approximate surface area is 133 Å². The van der Waals surface area contributed by atoms with E-state index in [1.807, 2.05) is 53.1 Å². The highest BCUT2D eigenvalue weighted by Crippen LogP contribution is 2.12. The first-order chi connectivity index (χ1) is 10.7. The Morgan fingerprint density at radius 1 is 1.14 bits per heavy atom. The summed E-state index contributed by atoms with van der Waals surface area (Å²) < 4.78 is 2.00. The van der Waals surface area contributed by atoms with E-state index < -0.39 is 0 Å². The van der Waals surface area contributed by atoms with Gasteiger partial charge in [-0.2, -0.15) is 0 Å². The Balaban J connectivity index is 1.53. The van der Waals surface area contributed by atoms with E-state index in [9.17, 15) is 4.79 Å². The van der Waals surface area contributed by atoms with Crippen molar-refractivity contribution in [2.24, 2.45) is 0 Å². The normalized spacial score (nSPS) is 10.8. The molecule has 0 radical (unpaired) electrons. The maximum absolute atomic E-state index is 11.9. The molecule has 0 aliphatic carbocycles. The fourth-order valence-corrected chi connectivity index (χ4v) is 2.43. The molecule has 3 aromatic rings. The minimum Gasteiger partial charge on any atom is -0.352 e. The summed E-state index contributed by atoms with van der Waals surface area (Å²) in [5.41, 5.74) is 3.03. The van der Waals surface area contributed by atoms with Crippen LogP contribution in [-0.4, -0.2) is 15.5 Å². The number of aromatic nitrogens is 2. The average molecular weight is 314 g/mol. The van der Waals surface area contributed by atoms with Gasteiger partial charge in [-0.15, -0.1) is 0 Å². The van der Waals surface area contributed by atoms with E-state index in [2.05, 4.69) is 10.3 Å². The number of halogens is 1. The Kier molecular flexibility index (Phi) is 4.39. The summed E-state index contributed by atoms with van der Waals surface area (Å²) in [6, 6.07) is 15.4. The van der Waals surface area contributed by atoms with Crippen molar-refractivity contribution in [1.82, 2.24) is 14.9 Å². The summed E-state index contributed by atoms with van der Waals surface area (Å²) in [5.74, 6) is 0.0210. The monoisotopic (exact) mass is 313 g/mol. The predicted octanol–water partition coefficient (Wildman–Crippen LogP) is 3.40. The second-order valence-corrected chi connectivity index (χ2v) is 5.52. The molecule has 5 heteroatoms. The summed E-state index contributed by atoms with van der Waals surface area (Å²) in [5, 5.41) is 3.61. The van der Waals surface area contributed by atoms with E-state index in [0.717, 1.165) is 16.6 Å². The van der Waals surface area contributed by atoms with Crippen LogP contribution in [0, 0.1) is 0 Å². The summed E-state index contributed by atoms with van der Waals surface area (Å²) in [7, 11) is 0. The quantitative estimate of drug-likeness (QED) is 0.785. The van der Waals surface area contributed by atoms with Crippen molar-refractivity contribution in [1.29, 1.82) is 0 Å². The van der Waals surface area contributed by atoms with Gasteiger partial charge in [0, 0.05) is 24.5 Å². The number of hydrogen-bond acceptors (Lipinski definition) is 2. The molecule has 0 aliphatic rings. The van der Waals surface area contributed by atoms with Crippen LogP contribution in [0.1, 0.15) is 12.0 Å². The van der Waals surface area contributed by atoms with E-state index in [1.165, 1.54) is 0 Å². The van der Waals surface area contributed by atoms with Crippen LogP contribution in [0.2, 0.25) is 5.02 Å². The highest BCUT2D eigenvalue weighted by Gasteiger charge is 2.05. The Morgan fingerprint density at radius 2 is 1.91 bits per heavy atom. The van der Waals surface area contributed by atoms with E-state index in [4.69, 9.17) is 11.6 Å². The van der Waals surface area contributed by atoms with Gasteiger partial charge in [0.1, 0.15) is 0 Å². The molecule has 0 spiro atoms. The molecular weight excluding hydrogens is 298 g/mol. The zero-order chi connectivity index (χ0) is 15.4. The van der Waals surface area contributed by atoms with Crippen molar-refractivity contribution >= 4 is 28.5 Å². The van der Waals surface area contributed by atoms with Crippen LogP contribution in [0.4, 0.5) is 0 Å². The Morgan fingerprint density at radius 3 is 2.73 bits per heavy atom. The van der Waals surface area contributed by atoms with Gasteiger partial charge in [-0.25, -0.2) is 4.98 Å². The van der Waals surface area contributed by atoms with Gasteiger partial charge in [0.2, 0.25) is 5.91 Å². The molecule has 1 N–H and O–H groups in total. The van der Waals surface area contributed by atoms with Crippen LogP contribution in [0.5, 0.6) is 0 Å². The zero-order valence-corrected chi connectivity index (χ0v) is 12.8. The molecule has 1 amide bonds. The molecule has 0 saturated carbocycles. The molecule has 0 atom stereocenters. The molecule has 3 rings (SSSR count). The molecule has 2 aromatic carbocycles. The Bertz CT molecular complexity index is 780. The first-order valence-corrected chi connectivity index (χ1v) is 7.51. The maximum Gasteiger partial charge on any atom is 0.222 e. The predicted molar refractivity (Wildman–Crippen MR) is 87.6 cm³/mol. The van der Waals surface area contributed by atoms with Crippen LogP contribution in [-0.2, 0) is 17.9 Å². The third kappa shape index (κ3) is 3.46. The van der Waals surface area contributed by atoms with E-state index in [-0.39, 0.29) is 5.91 Å². The van der Waals surface area contributed by atoms with E-state index in [1.54, 1.807) is 6.33 Å². The molecule has 0 unspecified atom stereocenters. The van der Waals surface area contributed by atoms with E-state index in [0.29, 0.717) is 24.5 Å². The lowest BCUT2D eigenvalue weighted by Crippen LogP contribution is -2.23. The molecule has 0 bridgehead atoms. The number of hydrogen-bond donors (Lipinski definition) is 1. The second kappa shape index (κ2) is 6.62. The Hall–Kier alpha value is -2.33. The fourth-order valence-electron chi connectivity index (χ4n) is 2.30. The highest BCUT2D eigenvalue weighted by molar-refractivity contribution is 6.30. The largest absolute Gasteiger partial charge is 0.352 e. The summed E-state index contributed by atoms with van der Waals surface area (Å²) >= 11 is 5.83. The minimum atomic E-state index is 0.0210. The van der Waals surface area contributed by atoms with Gasteiger partial charge in [-0.3, -0.25) is 4.79 Å². The lowest BCUT2D eigenvalue weighted by Gasteiger charge is -2.07. The van der Waals surface area contributed by atoms with Gasteiger partial charge in [-0.1, -0.05) is 35.9 Å². The summed E-state index contributed by atoms with van der Waals surface area (Å²) in [6.45, 7) is 1.13. The van der Waals surface area contributed by atoms with Crippen molar-refractivity contribution in [3.05, 3.63) is 65.4 Å². The molecule has 1 heterocycles. The number of para-hydroxylation sites is 2. The molecule has 112 valence electrons. The van der Waals surface area contributed by atoms with Gasteiger partial charge in [-0.05, 0) is 29.8 Å². The third-order valence-electron chi connectivity index (χ3n) is 3.51. The number of rotatable bonds is 5. The van der Waals surface area contributed by atoms with Crippen LogP contribution < -0.4 is 5.32 Å². The molecule has 22 heavy (non-hydrogen) atoms. The molecule has 1 aromatic heterocycles. The minimum absolute atomic E-state index is 0.0210. The molecule has 0 aliphatic heterocycles. The molecule has 0 saturated heterocycles. The number of aryl methyl sites for hydroxylation is 1. The van der Waals surface area contributed by atoms with Gasteiger partial charge < -0.3 is 9.88 Å². The van der Waals surface area contributed by atoms with Gasteiger partial charge >= 0.3 is 0 Å². The smallest absolute Gasteiger partial charge is 0.222 e. The molecular formula is C17H16ClN3O. The number of amides is 1. The number of benzene rings is 2. The van der Waals surface area contributed by atoms with Crippen molar-refractivity contribution in [2.75, 3.05) is 0 Å². The van der Waals surface area contributed by atoms with Crippen LogP contribution in [0.15, 0.2) is 54.9 Å². The van der Waals surface area contributed by atoms with Gasteiger partial charge in [0.05, 0.1) is 17.4 Å². The summed E-state index contributed by atoms with van der Waals surface area (Å²) in [4.78, 5) is 16.3. The fraction of sp³-hybridized carbons (Fsp3) is 0.176. The highest BCUT2D eigenvalue weighted by atomic mass is 35.5. The maximum atomic E-state index is 11.9. The number of carbonyl (C=O) groups is 1. The van der Waals surface area contributed by atoms with Crippen LogP contribution in [0.25, 0.3) is 11.0 Å². The number of nitrogens with one attached hydrogen (secondary N) is 1.